The van der Waals surface area contributed by atoms with E-state index in [-0.39, 0.29) is 4.75 Å². The van der Waals surface area contributed by atoms with Crippen LogP contribution in [0.3, 0.4) is 0 Å². The van der Waals surface area contributed by atoms with Gasteiger partial charge in [0.05, 0.1) is 11.0 Å². The summed E-state index contributed by atoms with van der Waals surface area (Å²) in [5.41, 5.74) is 0. The average Bonchev–Trinajstić information content (AvgIpc) is 2.33. The maximum absolute atomic E-state index is 8.36. The molecule has 0 aromatic heterocycles. The smallest absolute Gasteiger partial charge is 0.125 e. The van der Waals surface area contributed by atoms with E-state index in [9.17, 15) is 0 Å². The lowest BCUT2D eigenvalue weighted by Gasteiger charge is -2.11. The Hall–Kier alpha value is -0.160. The lowest BCUT2D eigenvalue weighted by molar-refractivity contribution is 0.320. The van der Waals surface area contributed by atoms with Crippen LogP contribution in [0.25, 0.3) is 0 Å². The SMILES string of the molecule is CN=C1SCC(C)(C=NO)S1. The highest BCUT2D eigenvalue weighted by Gasteiger charge is 2.32. The molecule has 0 aromatic rings. The molecule has 0 bridgehead atoms. The zero-order valence-electron chi connectivity index (χ0n) is 6.44. The third kappa shape index (κ3) is 2.13. The van der Waals surface area contributed by atoms with Gasteiger partial charge in [0.1, 0.15) is 4.38 Å². The second-order valence-electron chi connectivity index (χ2n) is 2.44. The Kier molecular flexibility index (Phi) is 2.84. The lowest BCUT2D eigenvalue weighted by atomic mass is 10.2. The molecule has 1 atom stereocenters. The van der Waals surface area contributed by atoms with Gasteiger partial charge in [0.2, 0.25) is 0 Å². The molecule has 1 aliphatic rings. The summed E-state index contributed by atoms with van der Waals surface area (Å²) in [6.07, 6.45) is 1.56. The van der Waals surface area contributed by atoms with Gasteiger partial charge < -0.3 is 5.21 Å². The van der Waals surface area contributed by atoms with Crippen molar-refractivity contribution >= 4 is 34.1 Å². The zero-order valence-corrected chi connectivity index (χ0v) is 8.08. The summed E-state index contributed by atoms with van der Waals surface area (Å²) in [4.78, 5) is 4.06. The quantitative estimate of drug-likeness (QED) is 0.388. The van der Waals surface area contributed by atoms with E-state index in [0.717, 1.165) is 10.1 Å². The van der Waals surface area contributed by atoms with Crippen LogP contribution in [0, 0.1) is 0 Å². The Bertz CT molecular complexity index is 205. The normalized spacial score (nSPS) is 35.6. The molecule has 1 N–H and O–H groups in total. The molecule has 1 heterocycles. The Morgan fingerprint density at radius 3 is 2.91 bits per heavy atom. The molecule has 0 amide bonds. The molecule has 1 aliphatic heterocycles. The summed E-state index contributed by atoms with van der Waals surface area (Å²) in [7, 11) is 1.77. The maximum Gasteiger partial charge on any atom is 0.125 e. The van der Waals surface area contributed by atoms with E-state index in [1.165, 1.54) is 0 Å². The van der Waals surface area contributed by atoms with E-state index in [2.05, 4.69) is 10.1 Å². The molecular formula is C6H10N2OS2. The van der Waals surface area contributed by atoms with Gasteiger partial charge in [0, 0.05) is 12.8 Å². The van der Waals surface area contributed by atoms with Crippen molar-refractivity contribution in [3.63, 3.8) is 0 Å². The van der Waals surface area contributed by atoms with Crippen LogP contribution in [0.5, 0.6) is 0 Å². The Morgan fingerprint density at radius 2 is 2.45 bits per heavy atom. The fourth-order valence-corrected chi connectivity index (χ4v) is 3.36. The minimum Gasteiger partial charge on any atom is -0.411 e. The minimum atomic E-state index is -0.0751. The highest BCUT2D eigenvalue weighted by Crippen LogP contribution is 2.40. The number of oxime groups is 1. The van der Waals surface area contributed by atoms with Crippen molar-refractivity contribution in [2.45, 2.75) is 11.7 Å². The van der Waals surface area contributed by atoms with Gasteiger partial charge in [-0.05, 0) is 6.92 Å². The number of hydrogen-bond donors (Lipinski definition) is 1. The maximum atomic E-state index is 8.36. The van der Waals surface area contributed by atoms with Crippen LogP contribution in [0.15, 0.2) is 10.1 Å². The summed E-state index contributed by atoms with van der Waals surface area (Å²) >= 11 is 3.34. The summed E-state index contributed by atoms with van der Waals surface area (Å²) in [5.74, 6) is 0.925. The third-order valence-electron chi connectivity index (χ3n) is 1.32. The largest absolute Gasteiger partial charge is 0.411 e. The van der Waals surface area contributed by atoms with E-state index < -0.39 is 0 Å². The van der Waals surface area contributed by atoms with Gasteiger partial charge in [-0.25, -0.2) is 0 Å². The molecule has 1 rings (SSSR count). The molecule has 11 heavy (non-hydrogen) atoms. The molecule has 0 aromatic carbocycles. The first-order valence-electron chi connectivity index (χ1n) is 3.17. The molecular weight excluding hydrogens is 180 g/mol. The first-order valence-corrected chi connectivity index (χ1v) is 4.97. The van der Waals surface area contributed by atoms with Crippen molar-refractivity contribution in [2.75, 3.05) is 12.8 Å². The van der Waals surface area contributed by atoms with E-state index in [1.807, 2.05) is 6.92 Å². The van der Waals surface area contributed by atoms with E-state index in [4.69, 9.17) is 5.21 Å². The highest BCUT2D eigenvalue weighted by atomic mass is 32.2. The van der Waals surface area contributed by atoms with E-state index >= 15 is 0 Å². The van der Waals surface area contributed by atoms with E-state index in [0.29, 0.717) is 0 Å². The van der Waals surface area contributed by atoms with E-state index in [1.54, 1.807) is 36.8 Å². The van der Waals surface area contributed by atoms with Crippen molar-refractivity contribution in [1.29, 1.82) is 0 Å². The molecule has 5 heteroatoms. The average molecular weight is 190 g/mol. The first-order chi connectivity index (χ1) is 5.20. The fourth-order valence-electron chi connectivity index (χ4n) is 0.759. The van der Waals surface area contributed by atoms with Crippen LogP contribution in [0.2, 0.25) is 0 Å². The summed E-state index contributed by atoms with van der Waals surface area (Å²) in [5, 5.41) is 11.4. The zero-order chi connectivity index (χ0) is 8.32. The van der Waals surface area contributed by atoms with Gasteiger partial charge in [-0.3, -0.25) is 4.99 Å². The molecule has 0 radical (unpaired) electrons. The highest BCUT2D eigenvalue weighted by molar-refractivity contribution is 8.42. The van der Waals surface area contributed by atoms with Crippen molar-refractivity contribution in [3.05, 3.63) is 0 Å². The molecule has 1 unspecified atom stereocenters. The van der Waals surface area contributed by atoms with Gasteiger partial charge in [0.25, 0.3) is 0 Å². The van der Waals surface area contributed by atoms with Crippen molar-refractivity contribution < 1.29 is 5.21 Å². The first kappa shape index (κ1) is 8.93. The van der Waals surface area contributed by atoms with Crippen molar-refractivity contribution in [3.8, 4) is 0 Å². The number of thioether (sulfide) groups is 2. The van der Waals surface area contributed by atoms with Crippen molar-refractivity contribution in [2.24, 2.45) is 10.1 Å². The van der Waals surface area contributed by atoms with Crippen LogP contribution >= 0.6 is 23.5 Å². The topological polar surface area (TPSA) is 45.0 Å². The second-order valence-corrected chi connectivity index (χ2v) is 5.18. The van der Waals surface area contributed by atoms with Gasteiger partial charge in [0.15, 0.2) is 0 Å². The molecule has 0 aliphatic carbocycles. The molecule has 1 fully saturated rings. The summed E-state index contributed by atoms with van der Waals surface area (Å²) in [6.45, 7) is 2.03. The summed E-state index contributed by atoms with van der Waals surface area (Å²) in [6, 6.07) is 0. The van der Waals surface area contributed by atoms with Gasteiger partial charge >= 0.3 is 0 Å². The van der Waals surface area contributed by atoms with Crippen molar-refractivity contribution in [1.82, 2.24) is 0 Å². The molecule has 3 nitrogen and oxygen atoms in total. The van der Waals surface area contributed by atoms with Gasteiger partial charge in [-0.2, -0.15) is 0 Å². The number of nitrogens with zero attached hydrogens (tertiary/aromatic N) is 2. The molecule has 0 spiro atoms. The third-order valence-corrected chi connectivity index (χ3v) is 4.35. The number of aliphatic imine (C=N–C) groups is 1. The predicted molar refractivity (Wildman–Crippen MR) is 52.1 cm³/mol. The minimum absolute atomic E-state index is 0.0751. The Balaban J connectivity index is 2.65. The Labute approximate surface area is 74.3 Å². The number of rotatable bonds is 1. The second kappa shape index (κ2) is 3.49. The van der Waals surface area contributed by atoms with Crippen LogP contribution < -0.4 is 0 Å². The predicted octanol–water partition coefficient (Wildman–Crippen LogP) is 1.67. The standard InChI is InChI=1S/C6H10N2OS2/c1-6(3-8-9)4-10-5(7-2)11-6/h3,9H,4H2,1-2H3. The van der Waals surface area contributed by atoms with Crippen LogP contribution in [-0.2, 0) is 0 Å². The molecule has 62 valence electrons. The molecule has 1 saturated heterocycles. The fraction of sp³-hybridized carbons (Fsp3) is 0.667. The van der Waals surface area contributed by atoms with Crippen LogP contribution in [0.1, 0.15) is 6.92 Å². The Morgan fingerprint density at radius 1 is 1.73 bits per heavy atom. The molecule has 0 saturated carbocycles. The van der Waals surface area contributed by atoms with Crippen LogP contribution in [0.4, 0.5) is 0 Å². The van der Waals surface area contributed by atoms with Gasteiger partial charge in [-0.15, -0.1) is 5.16 Å². The van der Waals surface area contributed by atoms with Crippen LogP contribution in [-0.4, -0.2) is 33.3 Å². The number of hydrogen-bond acceptors (Lipinski definition) is 5. The van der Waals surface area contributed by atoms with Gasteiger partial charge in [-0.1, -0.05) is 23.5 Å². The monoisotopic (exact) mass is 190 g/mol. The summed E-state index contributed by atoms with van der Waals surface area (Å²) < 4.78 is 0.987. The lowest BCUT2D eigenvalue weighted by Crippen LogP contribution is -2.21.